The molecule has 140 valence electrons. The number of rotatable bonds is 9. The number of nitrogens with one attached hydrogen (secondary N) is 1. The Labute approximate surface area is 165 Å². The summed E-state index contributed by atoms with van der Waals surface area (Å²) in [6.45, 7) is 2.11. The highest BCUT2D eigenvalue weighted by molar-refractivity contribution is 6.42. The molecule has 1 unspecified atom stereocenters. The zero-order valence-corrected chi connectivity index (χ0v) is 16.8. The predicted octanol–water partition coefficient (Wildman–Crippen LogP) is 5.23. The molecule has 3 N–H and O–H groups in total. The lowest BCUT2D eigenvalue weighted by Gasteiger charge is -2.30. The standard InChI is InChI=1S/C21H26Cl2N2O/c1-3-4-12-21(25-2,20(24)26)13-11-15-5-7-16(8-6-15)17-9-10-18(22)19(23)14-17/h5-10,14,25H,3-4,11-13H2,1-2H3,(H2,24,26). The molecule has 26 heavy (non-hydrogen) atoms. The predicted molar refractivity (Wildman–Crippen MR) is 111 cm³/mol. The number of amides is 1. The van der Waals surface area contributed by atoms with E-state index in [9.17, 15) is 4.79 Å². The highest BCUT2D eigenvalue weighted by Crippen LogP contribution is 2.29. The summed E-state index contributed by atoms with van der Waals surface area (Å²) >= 11 is 12.1. The molecular formula is C21H26Cl2N2O. The number of carbonyl (C=O) groups excluding carboxylic acids is 1. The van der Waals surface area contributed by atoms with Crippen LogP contribution in [0.25, 0.3) is 11.1 Å². The second kappa shape index (κ2) is 9.40. The van der Waals surface area contributed by atoms with Crippen molar-refractivity contribution in [2.75, 3.05) is 7.05 Å². The van der Waals surface area contributed by atoms with Crippen molar-refractivity contribution in [1.82, 2.24) is 5.32 Å². The van der Waals surface area contributed by atoms with Gasteiger partial charge in [-0.1, -0.05) is 73.3 Å². The number of nitrogens with two attached hydrogens (primary N) is 1. The minimum atomic E-state index is -0.640. The van der Waals surface area contributed by atoms with Crippen molar-refractivity contribution in [2.24, 2.45) is 5.73 Å². The first kappa shape index (κ1) is 20.8. The average Bonchev–Trinajstić information content (AvgIpc) is 2.65. The van der Waals surface area contributed by atoms with Crippen LogP contribution in [0.2, 0.25) is 10.0 Å². The van der Waals surface area contributed by atoms with Gasteiger partial charge < -0.3 is 11.1 Å². The van der Waals surface area contributed by atoms with Crippen molar-refractivity contribution in [3.63, 3.8) is 0 Å². The molecule has 2 aromatic carbocycles. The maximum atomic E-state index is 12.0. The van der Waals surface area contributed by atoms with Gasteiger partial charge in [0.05, 0.1) is 15.6 Å². The molecule has 2 aromatic rings. The Hall–Kier alpha value is -1.55. The lowest BCUT2D eigenvalue weighted by atomic mass is 9.85. The van der Waals surface area contributed by atoms with Crippen LogP contribution in [0.3, 0.4) is 0 Å². The smallest absolute Gasteiger partial charge is 0.237 e. The fourth-order valence-electron chi connectivity index (χ4n) is 3.12. The molecule has 2 rings (SSSR count). The van der Waals surface area contributed by atoms with Crippen LogP contribution in [-0.2, 0) is 11.2 Å². The van der Waals surface area contributed by atoms with Gasteiger partial charge in [-0.25, -0.2) is 0 Å². The van der Waals surface area contributed by atoms with E-state index in [-0.39, 0.29) is 5.91 Å². The Kier molecular flexibility index (Phi) is 7.51. The number of hydrogen-bond acceptors (Lipinski definition) is 2. The van der Waals surface area contributed by atoms with Gasteiger partial charge >= 0.3 is 0 Å². The summed E-state index contributed by atoms with van der Waals surface area (Å²) in [7, 11) is 1.81. The number of benzene rings is 2. The van der Waals surface area contributed by atoms with Crippen molar-refractivity contribution >= 4 is 29.1 Å². The summed E-state index contributed by atoms with van der Waals surface area (Å²) in [6.07, 6.45) is 4.24. The largest absolute Gasteiger partial charge is 0.368 e. The van der Waals surface area contributed by atoms with E-state index in [1.807, 2.05) is 19.2 Å². The average molecular weight is 393 g/mol. The number of hydrogen-bond donors (Lipinski definition) is 2. The molecule has 0 saturated carbocycles. The Balaban J connectivity index is 2.10. The molecule has 0 bridgehead atoms. The van der Waals surface area contributed by atoms with Crippen molar-refractivity contribution in [1.29, 1.82) is 0 Å². The molecule has 0 fully saturated rings. The van der Waals surface area contributed by atoms with Crippen LogP contribution < -0.4 is 11.1 Å². The molecular weight excluding hydrogens is 367 g/mol. The second-order valence-corrected chi connectivity index (χ2v) is 7.44. The molecule has 0 radical (unpaired) electrons. The van der Waals surface area contributed by atoms with E-state index in [0.29, 0.717) is 16.5 Å². The minimum absolute atomic E-state index is 0.277. The molecule has 0 saturated heterocycles. The van der Waals surface area contributed by atoms with E-state index >= 15 is 0 Å². The SMILES string of the molecule is CCCCC(CCc1ccc(-c2ccc(Cl)c(Cl)c2)cc1)(NC)C(N)=O. The van der Waals surface area contributed by atoms with Gasteiger partial charge in [0.15, 0.2) is 0 Å². The van der Waals surface area contributed by atoms with E-state index in [1.54, 1.807) is 6.07 Å². The van der Waals surface area contributed by atoms with E-state index < -0.39 is 5.54 Å². The Morgan fingerprint density at radius 3 is 2.23 bits per heavy atom. The summed E-state index contributed by atoms with van der Waals surface area (Å²) in [4.78, 5) is 12.0. The molecule has 3 nitrogen and oxygen atoms in total. The highest BCUT2D eigenvalue weighted by Gasteiger charge is 2.33. The van der Waals surface area contributed by atoms with Crippen molar-refractivity contribution in [2.45, 2.75) is 44.6 Å². The fraction of sp³-hybridized carbons (Fsp3) is 0.381. The molecule has 0 heterocycles. The molecule has 5 heteroatoms. The van der Waals surface area contributed by atoms with Crippen LogP contribution in [-0.4, -0.2) is 18.5 Å². The van der Waals surface area contributed by atoms with Crippen LogP contribution in [0.5, 0.6) is 0 Å². The maximum Gasteiger partial charge on any atom is 0.237 e. The number of carbonyl (C=O) groups is 1. The summed E-state index contributed by atoms with van der Waals surface area (Å²) in [5.41, 5.74) is 8.32. The summed E-state index contributed by atoms with van der Waals surface area (Å²) < 4.78 is 0. The highest BCUT2D eigenvalue weighted by atomic mass is 35.5. The van der Waals surface area contributed by atoms with Gasteiger partial charge in [-0.05, 0) is 55.1 Å². The van der Waals surface area contributed by atoms with Gasteiger partial charge in [0.25, 0.3) is 0 Å². The number of aryl methyl sites for hydroxylation is 1. The first-order valence-electron chi connectivity index (χ1n) is 8.95. The van der Waals surface area contributed by atoms with Gasteiger partial charge in [-0.2, -0.15) is 0 Å². The molecule has 0 aliphatic rings. The third-order valence-corrected chi connectivity index (χ3v) is 5.69. The molecule has 0 aromatic heterocycles. The maximum absolute atomic E-state index is 12.0. The summed E-state index contributed by atoms with van der Waals surface area (Å²) in [5, 5.41) is 4.26. The Morgan fingerprint density at radius 1 is 1.04 bits per heavy atom. The molecule has 0 spiro atoms. The summed E-state index contributed by atoms with van der Waals surface area (Å²) in [6, 6.07) is 13.9. The molecule has 0 aliphatic carbocycles. The van der Waals surface area contributed by atoms with Crippen LogP contribution in [0.15, 0.2) is 42.5 Å². The van der Waals surface area contributed by atoms with Crippen LogP contribution in [0.1, 0.15) is 38.2 Å². The quantitative estimate of drug-likeness (QED) is 0.613. The third-order valence-electron chi connectivity index (χ3n) is 4.95. The zero-order valence-electron chi connectivity index (χ0n) is 15.3. The van der Waals surface area contributed by atoms with Crippen LogP contribution in [0, 0.1) is 0 Å². The molecule has 1 atom stereocenters. The minimum Gasteiger partial charge on any atom is -0.368 e. The van der Waals surface area contributed by atoms with Crippen molar-refractivity contribution in [3.8, 4) is 11.1 Å². The van der Waals surface area contributed by atoms with E-state index in [1.165, 1.54) is 5.56 Å². The number of halogens is 2. The monoisotopic (exact) mass is 392 g/mol. The number of primary amides is 1. The van der Waals surface area contributed by atoms with Crippen molar-refractivity contribution < 1.29 is 4.79 Å². The normalized spacial score (nSPS) is 13.4. The Morgan fingerprint density at radius 2 is 1.69 bits per heavy atom. The van der Waals surface area contributed by atoms with Gasteiger partial charge in [0, 0.05) is 0 Å². The number of unbranched alkanes of at least 4 members (excludes halogenated alkanes) is 1. The van der Waals surface area contributed by atoms with Gasteiger partial charge in [0.1, 0.15) is 0 Å². The van der Waals surface area contributed by atoms with Crippen LogP contribution in [0.4, 0.5) is 0 Å². The van der Waals surface area contributed by atoms with Gasteiger partial charge in [-0.15, -0.1) is 0 Å². The summed E-state index contributed by atoms with van der Waals surface area (Å²) in [5.74, 6) is -0.277. The van der Waals surface area contributed by atoms with Crippen molar-refractivity contribution in [3.05, 3.63) is 58.1 Å². The Bertz CT molecular complexity index is 746. The van der Waals surface area contributed by atoms with E-state index in [4.69, 9.17) is 28.9 Å². The van der Waals surface area contributed by atoms with E-state index in [0.717, 1.165) is 36.8 Å². The van der Waals surface area contributed by atoms with Gasteiger partial charge in [-0.3, -0.25) is 4.79 Å². The zero-order chi connectivity index (χ0) is 19.2. The molecule has 0 aliphatic heterocycles. The number of likely N-dealkylation sites (N-methyl/N-ethyl adjacent to an activating group) is 1. The first-order chi connectivity index (χ1) is 12.4. The third kappa shape index (κ3) is 5.00. The first-order valence-corrected chi connectivity index (χ1v) is 9.70. The second-order valence-electron chi connectivity index (χ2n) is 6.63. The van der Waals surface area contributed by atoms with Gasteiger partial charge in [0.2, 0.25) is 5.91 Å². The van der Waals surface area contributed by atoms with E-state index in [2.05, 4.69) is 36.5 Å². The topological polar surface area (TPSA) is 55.1 Å². The fourth-order valence-corrected chi connectivity index (χ4v) is 3.42. The molecule has 1 amide bonds. The lowest BCUT2D eigenvalue weighted by Crippen LogP contribution is -2.54. The van der Waals surface area contributed by atoms with Crippen LogP contribution >= 0.6 is 23.2 Å². The lowest BCUT2D eigenvalue weighted by molar-refractivity contribution is -0.124.